The van der Waals surface area contributed by atoms with E-state index in [0.717, 1.165) is 18.6 Å². The van der Waals surface area contributed by atoms with E-state index >= 15 is 0 Å². The number of carbonyl (C=O) groups is 1. The molecule has 0 aromatic heterocycles. The average Bonchev–Trinajstić information content (AvgIpc) is 2.17. The van der Waals surface area contributed by atoms with Crippen molar-refractivity contribution in [3.8, 4) is 0 Å². The third-order valence-corrected chi connectivity index (χ3v) is 2.79. The van der Waals surface area contributed by atoms with Crippen LogP contribution in [0.25, 0.3) is 0 Å². The summed E-state index contributed by atoms with van der Waals surface area (Å²) in [5.41, 5.74) is 0.245. The minimum absolute atomic E-state index is 0.547. The number of ether oxygens (including phenoxy) is 1. The summed E-state index contributed by atoms with van der Waals surface area (Å²) in [7, 11) is 0. The number of carboxylic acid groups (broad SMARTS) is 1. The molecular formula is C13H20O3. The van der Waals surface area contributed by atoms with Crippen molar-refractivity contribution >= 4 is 5.97 Å². The van der Waals surface area contributed by atoms with Crippen molar-refractivity contribution < 1.29 is 14.6 Å². The molecule has 0 radical (unpaired) electrons. The number of aliphatic carboxylic acids is 1. The van der Waals surface area contributed by atoms with Gasteiger partial charge in [-0.3, -0.25) is 0 Å². The number of allylic oxidation sites excluding steroid dienone is 4. The van der Waals surface area contributed by atoms with Crippen LogP contribution in [0.5, 0.6) is 0 Å². The Labute approximate surface area is 96.8 Å². The summed E-state index contributed by atoms with van der Waals surface area (Å²) in [5, 5.41) is 8.94. The molecule has 3 heteroatoms. The van der Waals surface area contributed by atoms with E-state index in [-0.39, 0.29) is 0 Å². The molecule has 0 spiro atoms. The van der Waals surface area contributed by atoms with Gasteiger partial charge in [0.25, 0.3) is 0 Å². The molecule has 0 atom stereocenters. The van der Waals surface area contributed by atoms with E-state index in [1.165, 1.54) is 5.57 Å². The second-order valence-corrected chi connectivity index (χ2v) is 4.95. The van der Waals surface area contributed by atoms with Crippen molar-refractivity contribution in [2.45, 2.75) is 46.1 Å². The standard InChI is InChI=1S/C13H20O3/c1-9(2)10-5-7-11(8-6-10)16-13(3,4)12(14)15/h5,7,9H,6,8H2,1-4H3,(H,14,15). The summed E-state index contributed by atoms with van der Waals surface area (Å²) in [6.45, 7) is 7.45. The smallest absolute Gasteiger partial charge is 0.347 e. The summed E-state index contributed by atoms with van der Waals surface area (Å²) in [6, 6.07) is 0. The van der Waals surface area contributed by atoms with Gasteiger partial charge in [0.2, 0.25) is 0 Å². The molecule has 0 aliphatic heterocycles. The molecular weight excluding hydrogens is 204 g/mol. The van der Waals surface area contributed by atoms with Gasteiger partial charge in [-0.2, -0.15) is 0 Å². The highest BCUT2D eigenvalue weighted by atomic mass is 16.5. The molecule has 0 heterocycles. The largest absolute Gasteiger partial charge is 0.481 e. The quantitative estimate of drug-likeness (QED) is 0.798. The SMILES string of the molecule is CC(C)C1=CC=C(OC(C)(C)C(=O)O)CC1. The Morgan fingerprint density at radius 3 is 2.38 bits per heavy atom. The molecule has 0 unspecified atom stereocenters. The fourth-order valence-corrected chi connectivity index (χ4v) is 1.57. The third kappa shape index (κ3) is 3.12. The minimum atomic E-state index is -1.14. The first kappa shape index (κ1) is 12.8. The predicted molar refractivity (Wildman–Crippen MR) is 63.0 cm³/mol. The van der Waals surface area contributed by atoms with Crippen molar-refractivity contribution in [1.29, 1.82) is 0 Å². The van der Waals surface area contributed by atoms with Crippen molar-refractivity contribution in [2.24, 2.45) is 5.92 Å². The lowest BCUT2D eigenvalue weighted by Gasteiger charge is -2.25. The monoisotopic (exact) mass is 224 g/mol. The predicted octanol–water partition coefficient (Wildman–Crippen LogP) is 3.13. The van der Waals surface area contributed by atoms with Gasteiger partial charge in [0.15, 0.2) is 5.60 Å². The number of hydrogen-bond acceptors (Lipinski definition) is 2. The van der Waals surface area contributed by atoms with Crippen LogP contribution in [0, 0.1) is 5.92 Å². The molecule has 0 bridgehead atoms. The molecule has 0 fully saturated rings. The van der Waals surface area contributed by atoms with Gasteiger partial charge in [-0.05, 0) is 32.3 Å². The maximum absolute atomic E-state index is 10.9. The second-order valence-electron chi connectivity index (χ2n) is 4.95. The topological polar surface area (TPSA) is 46.5 Å². The van der Waals surface area contributed by atoms with Crippen LogP contribution in [0.15, 0.2) is 23.5 Å². The van der Waals surface area contributed by atoms with E-state index < -0.39 is 11.6 Å². The lowest BCUT2D eigenvalue weighted by Crippen LogP contribution is -2.34. The third-order valence-electron chi connectivity index (χ3n) is 2.79. The Morgan fingerprint density at radius 2 is 2.00 bits per heavy atom. The fraction of sp³-hybridized carbons (Fsp3) is 0.615. The number of hydrogen-bond donors (Lipinski definition) is 1. The molecule has 1 N–H and O–H groups in total. The van der Waals surface area contributed by atoms with Crippen LogP contribution in [0.2, 0.25) is 0 Å². The Morgan fingerprint density at radius 1 is 1.38 bits per heavy atom. The van der Waals surface area contributed by atoms with E-state index in [4.69, 9.17) is 9.84 Å². The summed E-state index contributed by atoms with van der Waals surface area (Å²) in [6.07, 6.45) is 5.69. The van der Waals surface area contributed by atoms with Crippen LogP contribution >= 0.6 is 0 Å². The van der Waals surface area contributed by atoms with Crippen LogP contribution in [0.4, 0.5) is 0 Å². The van der Waals surface area contributed by atoms with E-state index in [0.29, 0.717) is 5.92 Å². The average molecular weight is 224 g/mol. The minimum Gasteiger partial charge on any atom is -0.481 e. The molecule has 16 heavy (non-hydrogen) atoms. The van der Waals surface area contributed by atoms with Gasteiger partial charge >= 0.3 is 5.97 Å². The number of rotatable bonds is 4. The molecule has 1 aliphatic carbocycles. The highest BCUT2D eigenvalue weighted by Gasteiger charge is 2.30. The summed E-state index contributed by atoms with van der Waals surface area (Å²) in [4.78, 5) is 10.9. The molecule has 0 saturated carbocycles. The molecule has 0 aromatic carbocycles. The zero-order valence-corrected chi connectivity index (χ0v) is 10.4. The normalized spacial score (nSPS) is 16.8. The van der Waals surface area contributed by atoms with Crippen molar-refractivity contribution in [3.05, 3.63) is 23.5 Å². The van der Waals surface area contributed by atoms with Crippen LogP contribution in [0.3, 0.4) is 0 Å². The number of carboxylic acids is 1. The zero-order valence-electron chi connectivity index (χ0n) is 10.4. The maximum Gasteiger partial charge on any atom is 0.347 e. The van der Waals surface area contributed by atoms with Crippen LogP contribution in [-0.4, -0.2) is 16.7 Å². The van der Waals surface area contributed by atoms with E-state index in [9.17, 15) is 4.79 Å². The first-order chi connectivity index (χ1) is 7.33. The second kappa shape index (κ2) is 4.73. The Balaban J connectivity index is 2.69. The Kier molecular flexibility index (Phi) is 3.79. The van der Waals surface area contributed by atoms with Crippen molar-refractivity contribution in [3.63, 3.8) is 0 Å². The van der Waals surface area contributed by atoms with Gasteiger partial charge < -0.3 is 9.84 Å². The van der Waals surface area contributed by atoms with E-state index in [1.54, 1.807) is 13.8 Å². The van der Waals surface area contributed by atoms with Gasteiger partial charge in [0.1, 0.15) is 0 Å². The van der Waals surface area contributed by atoms with Crippen molar-refractivity contribution in [2.75, 3.05) is 0 Å². The van der Waals surface area contributed by atoms with E-state index in [1.807, 2.05) is 12.2 Å². The van der Waals surface area contributed by atoms with Crippen LogP contribution in [0.1, 0.15) is 40.5 Å². The van der Waals surface area contributed by atoms with Gasteiger partial charge in [0.05, 0.1) is 5.76 Å². The first-order valence-corrected chi connectivity index (χ1v) is 5.65. The highest BCUT2D eigenvalue weighted by molar-refractivity contribution is 5.76. The van der Waals surface area contributed by atoms with Gasteiger partial charge in [-0.25, -0.2) is 4.79 Å². The molecule has 0 saturated heterocycles. The lowest BCUT2D eigenvalue weighted by molar-refractivity contribution is -0.157. The molecule has 0 amide bonds. The van der Waals surface area contributed by atoms with Gasteiger partial charge in [-0.15, -0.1) is 0 Å². The molecule has 1 aliphatic rings. The van der Waals surface area contributed by atoms with Gasteiger partial charge in [-0.1, -0.05) is 25.5 Å². The fourth-order valence-electron chi connectivity index (χ4n) is 1.57. The summed E-state index contributed by atoms with van der Waals surface area (Å²) >= 11 is 0. The lowest BCUT2D eigenvalue weighted by atomic mass is 9.94. The summed E-state index contributed by atoms with van der Waals surface area (Å²) in [5.74, 6) is 0.370. The van der Waals surface area contributed by atoms with Crippen molar-refractivity contribution in [1.82, 2.24) is 0 Å². The summed E-state index contributed by atoms with van der Waals surface area (Å²) < 4.78 is 5.49. The Bertz CT molecular complexity index is 335. The molecule has 1 rings (SSSR count). The molecule has 0 aromatic rings. The Hall–Kier alpha value is -1.25. The maximum atomic E-state index is 10.9. The van der Waals surface area contributed by atoms with Crippen LogP contribution in [-0.2, 0) is 9.53 Å². The highest BCUT2D eigenvalue weighted by Crippen LogP contribution is 2.27. The molecule has 90 valence electrons. The van der Waals surface area contributed by atoms with E-state index in [2.05, 4.69) is 13.8 Å². The first-order valence-electron chi connectivity index (χ1n) is 5.65. The molecule has 3 nitrogen and oxygen atoms in total. The zero-order chi connectivity index (χ0) is 12.3. The van der Waals surface area contributed by atoms with Crippen LogP contribution < -0.4 is 0 Å². The van der Waals surface area contributed by atoms with Gasteiger partial charge in [0, 0.05) is 6.42 Å².